The maximum Gasteiger partial charge on any atom is 0.254 e. The fraction of sp³-hybridized carbons (Fsp3) is 0.600. The molecule has 2 rings (SSSR count). The smallest absolute Gasteiger partial charge is 0.254 e. The van der Waals surface area contributed by atoms with Crippen molar-refractivity contribution < 1.29 is 4.79 Å². The van der Waals surface area contributed by atoms with Crippen molar-refractivity contribution in [2.75, 3.05) is 39.1 Å². The fourth-order valence-electron chi connectivity index (χ4n) is 2.55. The van der Waals surface area contributed by atoms with Crippen LogP contribution in [0, 0.1) is 0 Å². The second kappa shape index (κ2) is 6.70. The molecule has 1 aliphatic heterocycles. The van der Waals surface area contributed by atoms with Gasteiger partial charge in [0, 0.05) is 33.4 Å². The molecule has 0 aromatic carbocycles. The summed E-state index contributed by atoms with van der Waals surface area (Å²) < 4.78 is 0. The minimum absolute atomic E-state index is 0.00892. The average molecular weight is 276 g/mol. The highest BCUT2D eigenvalue weighted by molar-refractivity contribution is 5.93. The van der Waals surface area contributed by atoms with Crippen LogP contribution in [-0.4, -0.2) is 56.1 Å². The van der Waals surface area contributed by atoms with Gasteiger partial charge in [-0.3, -0.25) is 4.79 Å². The number of anilines is 1. The largest absolute Gasteiger partial charge is 0.357 e. The first-order chi connectivity index (χ1) is 9.59. The Balaban J connectivity index is 2.06. The third kappa shape index (κ3) is 3.48. The van der Waals surface area contributed by atoms with E-state index >= 15 is 0 Å². The summed E-state index contributed by atoms with van der Waals surface area (Å²) in [7, 11) is 5.59. The Morgan fingerprint density at radius 1 is 1.25 bits per heavy atom. The molecule has 0 aliphatic carbocycles. The molecule has 0 bridgehead atoms. The summed E-state index contributed by atoms with van der Waals surface area (Å²) in [6.07, 6.45) is 5.19. The van der Waals surface area contributed by atoms with Crippen molar-refractivity contribution in [1.29, 1.82) is 0 Å². The van der Waals surface area contributed by atoms with Gasteiger partial charge in [0.1, 0.15) is 5.82 Å². The Morgan fingerprint density at radius 3 is 2.70 bits per heavy atom. The number of rotatable bonds is 3. The third-order valence-electron chi connectivity index (χ3n) is 3.86. The number of pyridine rings is 1. The van der Waals surface area contributed by atoms with Gasteiger partial charge in [-0.25, -0.2) is 4.98 Å². The van der Waals surface area contributed by atoms with E-state index in [1.54, 1.807) is 25.2 Å². The molecule has 0 spiro atoms. The van der Waals surface area contributed by atoms with Crippen LogP contribution < -0.4 is 10.2 Å². The monoisotopic (exact) mass is 276 g/mol. The number of amides is 1. The molecular formula is C15H24N4O. The lowest BCUT2D eigenvalue weighted by Gasteiger charge is -2.28. The first-order valence-corrected chi connectivity index (χ1v) is 7.21. The van der Waals surface area contributed by atoms with Gasteiger partial charge >= 0.3 is 0 Å². The first kappa shape index (κ1) is 14.8. The molecule has 0 saturated carbocycles. The molecule has 110 valence electrons. The summed E-state index contributed by atoms with van der Waals surface area (Å²) in [6, 6.07) is 4.32. The van der Waals surface area contributed by atoms with Gasteiger partial charge in [-0.1, -0.05) is 0 Å². The first-order valence-electron chi connectivity index (χ1n) is 7.21. The Labute approximate surface area is 121 Å². The Hall–Kier alpha value is -1.62. The lowest BCUT2D eigenvalue weighted by atomic mass is 10.1. The lowest BCUT2D eigenvalue weighted by molar-refractivity contribution is 0.0827. The Kier molecular flexibility index (Phi) is 4.95. The normalized spacial score (nSPS) is 19.2. The number of nitrogens with zero attached hydrogens (tertiary/aromatic N) is 3. The lowest BCUT2D eigenvalue weighted by Crippen LogP contribution is -2.33. The van der Waals surface area contributed by atoms with Crippen LogP contribution in [-0.2, 0) is 0 Å². The molecule has 1 aromatic heterocycles. The zero-order valence-electron chi connectivity index (χ0n) is 12.6. The van der Waals surface area contributed by atoms with E-state index in [0.29, 0.717) is 11.6 Å². The molecule has 1 saturated heterocycles. The van der Waals surface area contributed by atoms with Gasteiger partial charge in [-0.2, -0.15) is 0 Å². The van der Waals surface area contributed by atoms with Crippen LogP contribution in [0.25, 0.3) is 0 Å². The van der Waals surface area contributed by atoms with Crippen LogP contribution in [0.15, 0.2) is 18.3 Å². The maximum absolute atomic E-state index is 11.8. The van der Waals surface area contributed by atoms with Crippen LogP contribution >= 0.6 is 0 Å². The number of aromatic nitrogens is 1. The number of hydrogen-bond donors (Lipinski definition) is 1. The van der Waals surface area contributed by atoms with Gasteiger partial charge in [-0.15, -0.1) is 0 Å². The highest BCUT2D eigenvalue weighted by Crippen LogP contribution is 2.19. The topological polar surface area (TPSA) is 48.5 Å². The predicted octanol–water partition coefficient (Wildman–Crippen LogP) is 1.36. The Morgan fingerprint density at radius 2 is 2.05 bits per heavy atom. The van der Waals surface area contributed by atoms with E-state index in [1.807, 2.05) is 12.1 Å². The molecule has 1 unspecified atom stereocenters. The van der Waals surface area contributed by atoms with E-state index in [9.17, 15) is 4.79 Å². The summed E-state index contributed by atoms with van der Waals surface area (Å²) in [6.45, 7) is 2.17. The molecule has 1 amide bonds. The van der Waals surface area contributed by atoms with E-state index in [-0.39, 0.29) is 5.91 Å². The van der Waals surface area contributed by atoms with Gasteiger partial charge < -0.3 is 15.1 Å². The van der Waals surface area contributed by atoms with E-state index < -0.39 is 0 Å². The molecule has 5 heteroatoms. The van der Waals surface area contributed by atoms with Gasteiger partial charge in [-0.05, 0) is 44.5 Å². The summed E-state index contributed by atoms with van der Waals surface area (Å²) >= 11 is 0. The van der Waals surface area contributed by atoms with E-state index in [4.69, 9.17) is 0 Å². The van der Waals surface area contributed by atoms with E-state index in [2.05, 4.69) is 22.2 Å². The van der Waals surface area contributed by atoms with Gasteiger partial charge in [0.2, 0.25) is 0 Å². The second-order valence-electron chi connectivity index (χ2n) is 5.55. The minimum atomic E-state index is -0.00892. The van der Waals surface area contributed by atoms with Crippen molar-refractivity contribution in [2.45, 2.75) is 25.3 Å². The summed E-state index contributed by atoms with van der Waals surface area (Å²) in [4.78, 5) is 20.1. The van der Waals surface area contributed by atoms with Gasteiger partial charge in [0.25, 0.3) is 5.91 Å². The number of carbonyl (C=O) groups excluding carboxylic acids is 1. The van der Waals surface area contributed by atoms with Crippen LogP contribution in [0.2, 0.25) is 0 Å². The average Bonchev–Trinajstić information content (AvgIpc) is 2.75. The number of hydrogen-bond acceptors (Lipinski definition) is 4. The fourth-order valence-corrected chi connectivity index (χ4v) is 2.55. The van der Waals surface area contributed by atoms with Gasteiger partial charge in [0.15, 0.2) is 0 Å². The van der Waals surface area contributed by atoms with Crippen molar-refractivity contribution in [2.24, 2.45) is 0 Å². The van der Waals surface area contributed by atoms with Crippen LogP contribution in [0.4, 0.5) is 5.82 Å². The molecule has 2 heterocycles. The zero-order chi connectivity index (χ0) is 14.5. The minimum Gasteiger partial charge on any atom is -0.357 e. The molecule has 1 atom stereocenters. The maximum atomic E-state index is 11.8. The van der Waals surface area contributed by atoms with Crippen molar-refractivity contribution in [3.8, 4) is 0 Å². The number of nitrogens with one attached hydrogen (secondary N) is 1. The van der Waals surface area contributed by atoms with E-state index in [0.717, 1.165) is 25.3 Å². The molecule has 1 aromatic rings. The van der Waals surface area contributed by atoms with Crippen molar-refractivity contribution in [3.63, 3.8) is 0 Å². The molecular weight excluding hydrogens is 252 g/mol. The highest BCUT2D eigenvalue weighted by Gasteiger charge is 2.18. The molecule has 1 aliphatic rings. The van der Waals surface area contributed by atoms with Crippen LogP contribution in [0.5, 0.6) is 0 Å². The molecule has 20 heavy (non-hydrogen) atoms. The Bertz CT molecular complexity index is 436. The number of carbonyl (C=O) groups is 1. The van der Waals surface area contributed by atoms with Crippen molar-refractivity contribution >= 4 is 11.7 Å². The molecule has 1 fully saturated rings. The zero-order valence-corrected chi connectivity index (χ0v) is 12.6. The van der Waals surface area contributed by atoms with Crippen LogP contribution in [0.1, 0.15) is 29.6 Å². The van der Waals surface area contributed by atoms with Gasteiger partial charge in [0.05, 0.1) is 5.56 Å². The quantitative estimate of drug-likeness (QED) is 0.905. The van der Waals surface area contributed by atoms with Crippen LogP contribution in [0.3, 0.4) is 0 Å². The second-order valence-corrected chi connectivity index (χ2v) is 5.55. The summed E-state index contributed by atoms with van der Waals surface area (Å²) in [5.74, 6) is 0.928. The summed E-state index contributed by atoms with van der Waals surface area (Å²) in [5, 5.41) is 3.42. The molecule has 1 N–H and O–H groups in total. The molecule has 5 nitrogen and oxygen atoms in total. The third-order valence-corrected chi connectivity index (χ3v) is 3.86. The summed E-state index contributed by atoms with van der Waals surface area (Å²) in [5.41, 5.74) is 0.634. The van der Waals surface area contributed by atoms with Crippen molar-refractivity contribution in [3.05, 3.63) is 23.9 Å². The predicted molar refractivity (Wildman–Crippen MR) is 81.2 cm³/mol. The molecule has 0 radical (unpaired) electrons. The standard InChI is InChI=1S/C15H24N4O/c1-18(2)15(20)12-6-7-14(17-11-12)19(3)13-5-4-9-16-10-8-13/h6-7,11,13,16H,4-5,8-10H2,1-3H3. The SMILES string of the molecule is CN(C)C(=O)c1ccc(N(C)C2CCCNCC2)nc1. The van der Waals surface area contributed by atoms with Crippen molar-refractivity contribution in [1.82, 2.24) is 15.2 Å². The van der Waals surface area contributed by atoms with E-state index in [1.165, 1.54) is 12.8 Å². The highest BCUT2D eigenvalue weighted by atomic mass is 16.2.